The predicted octanol–water partition coefficient (Wildman–Crippen LogP) is 4.20. The standard InChI is InChI=1S/C22H24F3N3O3/c1-21(2,3)13-4-7-16(20(30)28-14-5-9-19(29)27-11-14)17(10-13)31-15-6-8-18(26-12-15)22(23,24)25/h4,6-8,10,12,14H,5,9,11H2,1-3H3,(H,27,29)(H,28,30). The summed E-state index contributed by atoms with van der Waals surface area (Å²) in [5, 5.41) is 5.58. The molecule has 0 radical (unpaired) electrons. The van der Waals surface area contributed by atoms with Crippen LogP contribution in [0.4, 0.5) is 13.2 Å². The highest BCUT2D eigenvalue weighted by Crippen LogP contribution is 2.33. The third-order valence-corrected chi connectivity index (χ3v) is 4.95. The summed E-state index contributed by atoms with van der Waals surface area (Å²) in [6.07, 6.45) is -2.72. The van der Waals surface area contributed by atoms with Crippen molar-refractivity contribution >= 4 is 11.8 Å². The molecule has 166 valence electrons. The van der Waals surface area contributed by atoms with Crippen molar-refractivity contribution in [3.63, 3.8) is 0 Å². The molecule has 9 heteroatoms. The summed E-state index contributed by atoms with van der Waals surface area (Å²) in [6, 6.07) is 6.92. The Morgan fingerprint density at radius 1 is 1.19 bits per heavy atom. The number of alkyl halides is 3. The molecule has 0 aliphatic carbocycles. The molecule has 0 spiro atoms. The van der Waals surface area contributed by atoms with Gasteiger partial charge in [-0.15, -0.1) is 0 Å². The van der Waals surface area contributed by atoms with Crippen molar-refractivity contribution < 1.29 is 27.5 Å². The molecule has 1 unspecified atom stereocenters. The van der Waals surface area contributed by atoms with Gasteiger partial charge in [0, 0.05) is 19.0 Å². The van der Waals surface area contributed by atoms with E-state index in [9.17, 15) is 22.8 Å². The van der Waals surface area contributed by atoms with Gasteiger partial charge in [0.15, 0.2) is 0 Å². The van der Waals surface area contributed by atoms with Crippen LogP contribution in [-0.4, -0.2) is 29.4 Å². The lowest BCUT2D eigenvalue weighted by atomic mass is 9.86. The number of carbonyl (C=O) groups is 2. The van der Waals surface area contributed by atoms with Gasteiger partial charge >= 0.3 is 6.18 Å². The minimum absolute atomic E-state index is 0.0566. The Morgan fingerprint density at radius 2 is 1.94 bits per heavy atom. The Bertz CT molecular complexity index is 957. The molecule has 2 amide bonds. The number of carbonyl (C=O) groups excluding carboxylic acids is 2. The van der Waals surface area contributed by atoms with Gasteiger partial charge in [-0.2, -0.15) is 13.2 Å². The van der Waals surface area contributed by atoms with E-state index in [0.717, 1.165) is 23.9 Å². The fourth-order valence-corrected chi connectivity index (χ4v) is 3.12. The first-order valence-corrected chi connectivity index (χ1v) is 9.86. The molecule has 1 aromatic carbocycles. The molecule has 3 rings (SSSR count). The van der Waals surface area contributed by atoms with E-state index in [1.807, 2.05) is 26.8 Å². The lowest BCUT2D eigenvalue weighted by Crippen LogP contribution is -2.47. The molecule has 6 nitrogen and oxygen atoms in total. The minimum atomic E-state index is -4.55. The van der Waals surface area contributed by atoms with Crippen LogP contribution in [0.5, 0.6) is 11.5 Å². The molecule has 2 aromatic rings. The summed E-state index contributed by atoms with van der Waals surface area (Å²) in [5.41, 5.74) is -0.131. The van der Waals surface area contributed by atoms with Crippen LogP contribution in [-0.2, 0) is 16.4 Å². The van der Waals surface area contributed by atoms with Crippen molar-refractivity contribution in [1.82, 2.24) is 15.6 Å². The number of piperidine rings is 1. The molecule has 2 heterocycles. The molecule has 1 aromatic heterocycles. The summed E-state index contributed by atoms with van der Waals surface area (Å²) in [5.74, 6) is -0.153. The predicted molar refractivity (Wildman–Crippen MR) is 108 cm³/mol. The van der Waals surface area contributed by atoms with Gasteiger partial charge in [-0.25, -0.2) is 4.98 Å². The monoisotopic (exact) mass is 435 g/mol. The van der Waals surface area contributed by atoms with E-state index in [0.29, 0.717) is 19.4 Å². The summed E-state index contributed by atoms with van der Waals surface area (Å²) in [6.45, 7) is 6.33. The van der Waals surface area contributed by atoms with Crippen molar-refractivity contribution in [1.29, 1.82) is 0 Å². The van der Waals surface area contributed by atoms with Crippen LogP contribution in [0.25, 0.3) is 0 Å². The third kappa shape index (κ3) is 5.74. The fourth-order valence-electron chi connectivity index (χ4n) is 3.12. The van der Waals surface area contributed by atoms with Gasteiger partial charge in [0.1, 0.15) is 17.2 Å². The van der Waals surface area contributed by atoms with Crippen molar-refractivity contribution in [3.05, 3.63) is 53.3 Å². The zero-order valence-corrected chi connectivity index (χ0v) is 17.5. The number of hydrogen-bond acceptors (Lipinski definition) is 4. The number of amides is 2. The molecular weight excluding hydrogens is 411 g/mol. The van der Waals surface area contributed by atoms with E-state index >= 15 is 0 Å². The zero-order valence-electron chi connectivity index (χ0n) is 17.5. The van der Waals surface area contributed by atoms with Crippen molar-refractivity contribution in [3.8, 4) is 11.5 Å². The van der Waals surface area contributed by atoms with Crippen LogP contribution in [0.3, 0.4) is 0 Å². The highest BCUT2D eigenvalue weighted by Gasteiger charge is 2.32. The number of aromatic nitrogens is 1. The quantitative estimate of drug-likeness (QED) is 0.755. The Hall–Kier alpha value is -3.10. The maximum Gasteiger partial charge on any atom is 0.433 e. The normalized spacial score (nSPS) is 17.1. The average molecular weight is 435 g/mol. The van der Waals surface area contributed by atoms with E-state index in [1.54, 1.807) is 12.1 Å². The molecular formula is C22H24F3N3O3. The molecule has 0 bridgehead atoms. The van der Waals surface area contributed by atoms with Gasteiger partial charge < -0.3 is 15.4 Å². The SMILES string of the molecule is CC(C)(C)c1ccc(C(=O)NC2CCC(=O)NC2)c(Oc2ccc(C(F)(F)F)nc2)c1. The van der Waals surface area contributed by atoms with Crippen LogP contribution in [0.2, 0.25) is 0 Å². The van der Waals surface area contributed by atoms with E-state index in [4.69, 9.17) is 4.74 Å². The maximum atomic E-state index is 12.9. The number of nitrogens with one attached hydrogen (secondary N) is 2. The second-order valence-electron chi connectivity index (χ2n) is 8.45. The number of pyridine rings is 1. The highest BCUT2D eigenvalue weighted by molar-refractivity contribution is 5.97. The number of nitrogens with zero attached hydrogens (tertiary/aromatic N) is 1. The number of rotatable bonds is 4. The lowest BCUT2D eigenvalue weighted by Gasteiger charge is -2.25. The van der Waals surface area contributed by atoms with Crippen molar-refractivity contribution in [2.24, 2.45) is 0 Å². The number of hydrogen-bond donors (Lipinski definition) is 2. The van der Waals surface area contributed by atoms with Gasteiger partial charge in [-0.1, -0.05) is 26.8 Å². The van der Waals surface area contributed by atoms with Crippen molar-refractivity contribution in [2.45, 2.75) is 51.2 Å². The van der Waals surface area contributed by atoms with E-state index in [2.05, 4.69) is 15.6 Å². The molecule has 0 saturated carbocycles. The number of halogens is 3. The van der Waals surface area contributed by atoms with Gasteiger partial charge in [0.2, 0.25) is 5.91 Å². The summed E-state index contributed by atoms with van der Waals surface area (Å²) < 4.78 is 44.1. The number of benzene rings is 1. The summed E-state index contributed by atoms with van der Waals surface area (Å²) in [7, 11) is 0. The molecule has 31 heavy (non-hydrogen) atoms. The second-order valence-corrected chi connectivity index (χ2v) is 8.45. The largest absolute Gasteiger partial charge is 0.455 e. The Morgan fingerprint density at radius 3 is 2.48 bits per heavy atom. The van der Waals surface area contributed by atoms with E-state index < -0.39 is 17.8 Å². The second kappa shape index (κ2) is 8.56. The fraction of sp³-hybridized carbons (Fsp3) is 0.409. The van der Waals surface area contributed by atoms with Crippen molar-refractivity contribution in [2.75, 3.05) is 6.54 Å². The highest BCUT2D eigenvalue weighted by atomic mass is 19.4. The molecule has 1 saturated heterocycles. The van der Waals surface area contributed by atoms with Gasteiger partial charge in [-0.05, 0) is 41.7 Å². The molecule has 2 N–H and O–H groups in total. The summed E-state index contributed by atoms with van der Waals surface area (Å²) in [4.78, 5) is 27.6. The van der Waals surface area contributed by atoms with Crippen LogP contribution in [0.1, 0.15) is 55.2 Å². The van der Waals surface area contributed by atoms with Crippen LogP contribution >= 0.6 is 0 Å². The van der Waals surface area contributed by atoms with E-state index in [1.165, 1.54) is 0 Å². The Kier molecular flexibility index (Phi) is 6.24. The van der Waals surface area contributed by atoms with Crippen LogP contribution < -0.4 is 15.4 Å². The Labute approximate surface area is 178 Å². The van der Waals surface area contributed by atoms with Gasteiger partial charge in [-0.3, -0.25) is 9.59 Å². The Balaban J connectivity index is 1.87. The topological polar surface area (TPSA) is 80.3 Å². The smallest absolute Gasteiger partial charge is 0.433 e. The summed E-state index contributed by atoms with van der Waals surface area (Å²) >= 11 is 0. The number of ether oxygens (including phenoxy) is 1. The molecule has 1 fully saturated rings. The minimum Gasteiger partial charge on any atom is -0.455 e. The maximum absolute atomic E-state index is 12.9. The van der Waals surface area contributed by atoms with E-state index in [-0.39, 0.29) is 34.4 Å². The first-order chi connectivity index (χ1) is 14.4. The van der Waals surface area contributed by atoms with Gasteiger partial charge in [0.05, 0.1) is 11.8 Å². The van der Waals surface area contributed by atoms with Crippen LogP contribution in [0, 0.1) is 0 Å². The molecule has 1 aliphatic heterocycles. The van der Waals surface area contributed by atoms with Crippen LogP contribution in [0.15, 0.2) is 36.5 Å². The van der Waals surface area contributed by atoms with Gasteiger partial charge in [0.25, 0.3) is 5.91 Å². The first-order valence-electron chi connectivity index (χ1n) is 9.86. The average Bonchev–Trinajstić information content (AvgIpc) is 2.68. The lowest BCUT2D eigenvalue weighted by molar-refractivity contribution is -0.141. The third-order valence-electron chi connectivity index (χ3n) is 4.95. The molecule has 1 atom stereocenters. The molecule has 1 aliphatic rings. The zero-order chi connectivity index (χ0) is 22.8. The first kappa shape index (κ1) is 22.6.